The van der Waals surface area contributed by atoms with Crippen molar-refractivity contribution in [2.75, 3.05) is 0 Å². The lowest BCUT2D eigenvalue weighted by Crippen LogP contribution is -2.13. The van der Waals surface area contributed by atoms with E-state index in [4.69, 9.17) is 0 Å². The summed E-state index contributed by atoms with van der Waals surface area (Å²) in [5, 5.41) is 2.42. The van der Waals surface area contributed by atoms with Crippen molar-refractivity contribution in [1.82, 2.24) is 0 Å². The third-order valence-electron chi connectivity index (χ3n) is 6.60. The third-order valence-corrected chi connectivity index (χ3v) is 6.69. The Morgan fingerprint density at radius 1 is 0.844 bits per heavy atom. The maximum atomic E-state index is 4.68. The van der Waals surface area contributed by atoms with Crippen LogP contribution in [0.5, 0.6) is 0 Å². The summed E-state index contributed by atoms with van der Waals surface area (Å²) in [5.41, 5.74) is 9.72. The van der Waals surface area contributed by atoms with Gasteiger partial charge in [0.25, 0.3) is 0 Å². The Balaban J connectivity index is 1.29. The van der Waals surface area contributed by atoms with E-state index in [0.717, 1.165) is 35.6 Å². The molecule has 0 bridgehead atoms. The zero-order chi connectivity index (χ0) is 21.8. The molecule has 0 amide bonds. The van der Waals surface area contributed by atoms with Gasteiger partial charge < -0.3 is 0 Å². The SMILES string of the molecule is S=C=Nc1ccc(C2=Cc3ccc(C#Cc4ccc(CC5CCC5)cc4)cc3CC2)cc1. The number of allylic oxidation sites excluding steroid dienone is 1. The second-order valence-corrected chi connectivity index (χ2v) is 8.96. The molecular formula is C30H25NS. The second-order valence-electron chi connectivity index (χ2n) is 8.78. The fourth-order valence-corrected chi connectivity index (χ4v) is 4.60. The predicted molar refractivity (Wildman–Crippen MR) is 137 cm³/mol. The number of fused-ring (bicyclic) bond motifs is 1. The molecular weight excluding hydrogens is 406 g/mol. The highest BCUT2D eigenvalue weighted by Gasteiger charge is 2.17. The number of isothiocyanates is 1. The summed E-state index contributed by atoms with van der Waals surface area (Å²) >= 11 is 4.68. The van der Waals surface area contributed by atoms with Crippen LogP contribution in [0, 0.1) is 17.8 Å². The number of nitrogens with zero attached hydrogens (tertiary/aromatic N) is 1. The molecule has 0 heterocycles. The number of aliphatic imine (C=N–C) groups is 1. The normalized spacial score (nSPS) is 14.8. The van der Waals surface area contributed by atoms with Crippen LogP contribution in [0.4, 0.5) is 5.69 Å². The monoisotopic (exact) mass is 431 g/mol. The largest absolute Gasteiger partial charge is 0.195 e. The molecule has 0 spiro atoms. The van der Waals surface area contributed by atoms with Gasteiger partial charge in [-0.1, -0.05) is 67.5 Å². The van der Waals surface area contributed by atoms with Crippen molar-refractivity contribution in [2.45, 2.75) is 38.5 Å². The lowest BCUT2D eigenvalue weighted by molar-refractivity contribution is 0.314. The van der Waals surface area contributed by atoms with Gasteiger partial charge in [0.15, 0.2) is 0 Å². The Morgan fingerprint density at radius 2 is 1.59 bits per heavy atom. The Hall–Kier alpha value is -3.24. The summed E-state index contributed by atoms with van der Waals surface area (Å²) in [5.74, 6) is 7.60. The van der Waals surface area contributed by atoms with Crippen LogP contribution in [0.1, 0.15) is 59.1 Å². The van der Waals surface area contributed by atoms with E-state index in [1.54, 1.807) is 0 Å². The van der Waals surface area contributed by atoms with Crippen molar-refractivity contribution in [3.8, 4) is 11.8 Å². The van der Waals surface area contributed by atoms with Crippen LogP contribution in [0.3, 0.4) is 0 Å². The molecule has 0 radical (unpaired) electrons. The van der Waals surface area contributed by atoms with Gasteiger partial charge in [-0.3, -0.25) is 0 Å². The highest BCUT2D eigenvalue weighted by molar-refractivity contribution is 7.78. The van der Waals surface area contributed by atoms with Gasteiger partial charge in [-0.25, -0.2) is 0 Å². The lowest BCUT2D eigenvalue weighted by atomic mass is 9.81. The molecule has 1 nitrogen and oxygen atoms in total. The molecule has 2 aliphatic rings. The number of rotatable bonds is 4. The molecule has 0 aliphatic heterocycles. The van der Waals surface area contributed by atoms with E-state index < -0.39 is 0 Å². The van der Waals surface area contributed by atoms with Crippen molar-refractivity contribution >= 4 is 34.7 Å². The number of thiocarbonyl (C=S) groups is 1. The average Bonchev–Trinajstić information content (AvgIpc) is 2.81. The Morgan fingerprint density at radius 3 is 2.31 bits per heavy atom. The number of hydrogen-bond acceptors (Lipinski definition) is 2. The van der Waals surface area contributed by atoms with E-state index in [0.29, 0.717) is 0 Å². The summed E-state index contributed by atoms with van der Waals surface area (Å²) in [6.07, 6.45) is 9.78. The highest BCUT2D eigenvalue weighted by atomic mass is 32.1. The third kappa shape index (κ3) is 4.81. The van der Waals surface area contributed by atoms with Crippen molar-refractivity contribution in [3.63, 3.8) is 0 Å². The van der Waals surface area contributed by atoms with E-state index >= 15 is 0 Å². The molecule has 32 heavy (non-hydrogen) atoms. The van der Waals surface area contributed by atoms with Crippen LogP contribution in [0.25, 0.3) is 11.6 Å². The minimum Gasteiger partial charge on any atom is -0.195 e. The standard InChI is InChI=1S/C30H25NS/c32-21-31-30-16-14-26(15-17-30)28-13-12-27-19-25(10-11-29(27)20-28)9-6-22-4-7-24(8-5-22)18-23-2-1-3-23/h4-5,7-8,10-11,14-17,19-20,23H,1-3,12-13,18H2. The fraction of sp³-hybridized carbons (Fsp3) is 0.233. The van der Waals surface area contributed by atoms with Crippen LogP contribution in [0.15, 0.2) is 71.7 Å². The molecule has 0 atom stereocenters. The van der Waals surface area contributed by atoms with E-state index in [1.165, 1.54) is 53.5 Å². The van der Waals surface area contributed by atoms with Crippen LogP contribution >= 0.6 is 12.2 Å². The van der Waals surface area contributed by atoms with E-state index in [1.807, 2.05) is 12.1 Å². The first-order valence-electron chi connectivity index (χ1n) is 11.4. The predicted octanol–water partition coefficient (Wildman–Crippen LogP) is 7.65. The van der Waals surface area contributed by atoms with Gasteiger partial charge in [-0.2, -0.15) is 4.99 Å². The van der Waals surface area contributed by atoms with Gasteiger partial charge in [0.05, 0.1) is 10.8 Å². The van der Waals surface area contributed by atoms with E-state index in [-0.39, 0.29) is 0 Å². The molecule has 0 saturated heterocycles. The molecule has 2 aliphatic carbocycles. The van der Waals surface area contributed by atoms with Crippen molar-refractivity contribution in [1.29, 1.82) is 0 Å². The fourth-order valence-electron chi connectivity index (χ4n) is 4.50. The molecule has 2 heteroatoms. The molecule has 3 aromatic rings. The van der Waals surface area contributed by atoms with Gasteiger partial charge in [-0.05, 0) is 102 Å². The second kappa shape index (κ2) is 9.49. The van der Waals surface area contributed by atoms with Gasteiger partial charge in [0.2, 0.25) is 0 Å². The van der Waals surface area contributed by atoms with Crippen LogP contribution in [0.2, 0.25) is 0 Å². The maximum Gasteiger partial charge on any atom is 0.0739 e. The van der Waals surface area contributed by atoms with Gasteiger partial charge in [0, 0.05) is 11.1 Å². The van der Waals surface area contributed by atoms with Crippen molar-refractivity contribution in [2.24, 2.45) is 10.9 Å². The average molecular weight is 432 g/mol. The quantitative estimate of drug-likeness (QED) is 0.235. The Kier molecular flexibility index (Phi) is 6.13. The van der Waals surface area contributed by atoms with Crippen LogP contribution in [-0.4, -0.2) is 5.16 Å². The lowest BCUT2D eigenvalue weighted by Gasteiger charge is -2.25. The van der Waals surface area contributed by atoms with Crippen LogP contribution < -0.4 is 0 Å². The van der Waals surface area contributed by atoms with Gasteiger partial charge in [-0.15, -0.1) is 0 Å². The Labute approximate surface area is 195 Å². The molecule has 0 unspecified atom stereocenters. The van der Waals surface area contributed by atoms with Crippen molar-refractivity contribution in [3.05, 3.63) is 100 Å². The Bertz CT molecular complexity index is 1260. The first kappa shape index (κ1) is 20.7. The summed E-state index contributed by atoms with van der Waals surface area (Å²) in [6, 6.07) is 23.6. The van der Waals surface area contributed by atoms with Crippen LogP contribution in [-0.2, 0) is 12.8 Å². The molecule has 0 aromatic heterocycles. The summed E-state index contributed by atoms with van der Waals surface area (Å²) in [6.45, 7) is 0. The molecule has 3 aromatic carbocycles. The number of benzene rings is 3. The number of aryl methyl sites for hydroxylation is 1. The van der Waals surface area contributed by atoms with Gasteiger partial charge >= 0.3 is 0 Å². The topological polar surface area (TPSA) is 12.4 Å². The minimum atomic E-state index is 0.844. The maximum absolute atomic E-state index is 4.68. The smallest absolute Gasteiger partial charge is 0.0739 e. The first-order valence-corrected chi connectivity index (χ1v) is 11.8. The molecule has 5 rings (SSSR count). The zero-order valence-corrected chi connectivity index (χ0v) is 18.9. The summed E-state index contributed by atoms with van der Waals surface area (Å²) < 4.78 is 0. The van der Waals surface area contributed by atoms with Crippen molar-refractivity contribution < 1.29 is 0 Å². The zero-order valence-electron chi connectivity index (χ0n) is 18.1. The first-order chi connectivity index (χ1) is 15.8. The summed E-state index contributed by atoms with van der Waals surface area (Å²) in [7, 11) is 0. The molecule has 1 saturated carbocycles. The van der Waals surface area contributed by atoms with Gasteiger partial charge in [0.1, 0.15) is 0 Å². The molecule has 156 valence electrons. The molecule has 0 N–H and O–H groups in total. The molecule has 1 fully saturated rings. The van der Waals surface area contributed by atoms with E-state index in [9.17, 15) is 0 Å². The highest BCUT2D eigenvalue weighted by Crippen LogP contribution is 2.32. The number of hydrogen-bond donors (Lipinski definition) is 0. The van der Waals surface area contributed by atoms with E-state index in [2.05, 4.69) is 94.9 Å². The summed E-state index contributed by atoms with van der Waals surface area (Å²) in [4.78, 5) is 4.03. The minimum absolute atomic E-state index is 0.844.